The molecule has 0 radical (unpaired) electrons. The van der Waals surface area contributed by atoms with Crippen molar-refractivity contribution >= 4 is 17.5 Å². The Bertz CT molecular complexity index is 441. The van der Waals surface area contributed by atoms with Crippen LogP contribution >= 0.6 is 0 Å². The monoisotopic (exact) mass is 283 g/mol. The zero-order valence-corrected chi connectivity index (χ0v) is 12.1. The fourth-order valence-corrected chi connectivity index (χ4v) is 1.70. The zero-order chi connectivity index (χ0) is 15.0. The normalized spacial score (nSPS) is 10.3. The van der Waals surface area contributed by atoms with Crippen LogP contribution in [0.25, 0.3) is 0 Å². The van der Waals surface area contributed by atoms with Crippen LogP contribution in [-0.4, -0.2) is 47.7 Å². The Morgan fingerprint density at radius 1 is 1.45 bits per heavy atom. The number of aromatic nitrogens is 2. The van der Waals surface area contributed by atoms with E-state index >= 15 is 0 Å². The van der Waals surface area contributed by atoms with E-state index in [0.717, 1.165) is 0 Å². The van der Waals surface area contributed by atoms with Crippen molar-refractivity contribution in [2.45, 2.75) is 20.8 Å². The Hall–Kier alpha value is -1.96. The summed E-state index contributed by atoms with van der Waals surface area (Å²) in [6, 6.07) is 0. The molecule has 8 heteroatoms. The third-order valence-corrected chi connectivity index (χ3v) is 2.67. The quantitative estimate of drug-likeness (QED) is 0.418. The number of likely N-dealkylation sites (N-methyl/N-ethyl adjacent to an activating group) is 1. The second kappa shape index (κ2) is 8.26. The molecule has 0 saturated carbocycles. The van der Waals surface area contributed by atoms with E-state index in [1.165, 1.54) is 6.20 Å². The van der Waals surface area contributed by atoms with E-state index < -0.39 is 4.92 Å². The summed E-state index contributed by atoms with van der Waals surface area (Å²) in [4.78, 5) is 20.6. The van der Waals surface area contributed by atoms with E-state index in [9.17, 15) is 10.1 Å². The minimum absolute atomic E-state index is 0.0926. The first-order valence-corrected chi connectivity index (χ1v) is 6.71. The van der Waals surface area contributed by atoms with Crippen LogP contribution in [0.1, 0.15) is 20.8 Å². The fraction of sp³-hybridized carbons (Fsp3) is 0.667. The summed E-state index contributed by atoms with van der Waals surface area (Å²) in [5.74, 6) is 0.714. The van der Waals surface area contributed by atoms with Gasteiger partial charge in [0.25, 0.3) is 0 Å². The van der Waals surface area contributed by atoms with Crippen LogP contribution in [-0.2, 0) is 4.74 Å². The summed E-state index contributed by atoms with van der Waals surface area (Å²) in [6.45, 7) is 8.68. The van der Waals surface area contributed by atoms with E-state index in [2.05, 4.69) is 15.3 Å². The molecule has 0 aliphatic rings. The number of nitrogens with zero attached hydrogens (tertiary/aromatic N) is 4. The highest BCUT2D eigenvalue weighted by atomic mass is 16.6. The molecule has 112 valence electrons. The Morgan fingerprint density at radius 2 is 2.20 bits per heavy atom. The lowest BCUT2D eigenvalue weighted by molar-refractivity contribution is -0.384. The summed E-state index contributed by atoms with van der Waals surface area (Å²) in [5.41, 5.74) is -0.0926. The molecule has 0 fully saturated rings. The van der Waals surface area contributed by atoms with Crippen LogP contribution in [0.2, 0.25) is 0 Å². The largest absolute Gasteiger partial charge is 0.380 e. The lowest BCUT2D eigenvalue weighted by atomic mass is 10.4. The summed E-state index contributed by atoms with van der Waals surface area (Å²) in [6.07, 6.45) is 1.24. The van der Waals surface area contributed by atoms with E-state index in [-0.39, 0.29) is 5.69 Å². The molecule has 0 aliphatic heterocycles. The SMILES string of the molecule is CCNc1ncc([N+](=O)[O-])c(N(CC)CCOCC)n1. The van der Waals surface area contributed by atoms with Crippen LogP contribution in [0.15, 0.2) is 6.20 Å². The molecule has 0 aromatic carbocycles. The predicted molar refractivity (Wildman–Crippen MR) is 77.2 cm³/mol. The molecule has 1 N–H and O–H groups in total. The molecule has 1 rings (SSSR count). The van der Waals surface area contributed by atoms with Crippen molar-refractivity contribution in [1.82, 2.24) is 9.97 Å². The number of rotatable bonds is 9. The van der Waals surface area contributed by atoms with Crippen LogP contribution in [0, 0.1) is 10.1 Å². The second-order valence-corrected chi connectivity index (χ2v) is 3.97. The van der Waals surface area contributed by atoms with Gasteiger partial charge < -0.3 is 15.0 Å². The molecule has 20 heavy (non-hydrogen) atoms. The zero-order valence-electron chi connectivity index (χ0n) is 12.1. The van der Waals surface area contributed by atoms with E-state index in [1.807, 2.05) is 25.7 Å². The van der Waals surface area contributed by atoms with Gasteiger partial charge in [-0.15, -0.1) is 0 Å². The molecule has 1 heterocycles. The van der Waals surface area contributed by atoms with Crippen molar-refractivity contribution in [3.8, 4) is 0 Å². The molecule has 0 bridgehead atoms. The van der Waals surface area contributed by atoms with Crippen LogP contribution in [0.3, 0.4) is 0 Å². The molecular weight excluding hydrogens is 262 g/mol. The molecule has 0 spiro atoms. The number of nitro groups is 1. The van der Waals surface area contributed by atoms with Gasteiger partial charge in [0.15, 0.2) is 0 Å². The molecular formula is C12H21N5O3. The van der Waals surface area contributed by atoms with E-state index in [0.29, 0.717) is 44.6 Å². The van der Waals surface area contributed by atoms with Gasteiger partial charge in [-0.05, 0) is 20.8 Å². The number of hydrogen-bond acceptors (Lipinski definition) is 7. The number of nitrogens with one attached hydrogen (secondary N) is 1. The maximum atomic E-state index is 11.1. The van der Waals surface area contributed by atoms with Gasteiger partial charge in [-0.1, -0.05) is 0 Å². The lowest BCUT2D eigenvalue weighted by Crippen LogP contribution is -2.29. The van der Waals surface area contributed by atoms with Crippen molar-refractivity contribution in [2.75, 3.05) is 43.1 Å². The highest BCUT2D eigenvalue weighted by Crippen LogP contribution is 2.25. The number of anilines is 2. The average molecular weight is 283 g/mol. The van der Waals surface area contributed by atoms with E-state index in [1.54, 1.807) is 0 Å². The van der Waals surface area contributed by atoms with Crippen molar-refractivity contribution in [1.29, 1.82) is 0 Å². The number of ether oxygens (including phenoxy) is 1. The third-order valence-electron chi connectivity index (χ3n) is 2.67. The van der Waals surface area contributed by atoms with Gasteiger partial charge in [0.2, 0.25) is 11.8 Å². The van der Waals surface area contributed by atoms with Crippen LogP contribution in [0.5, 0.6) is 0 Å². The van der Waals surface area contributed by atoms with Gasteiger partial charge in [0.1, 0.15) is 6.20 Å². The molecule has 1 aromatic rings. The summed E-state index contributed by atoms with van der Waals surface area (Å²) in [5, 5.41) is 14.0. The Kier molecular flexibility index (Phi) is 6.65. The molecule has 1 aromatic heterocycles. The molecule has 0 atom stereocenters. The topological polar surface area (TPSA) is 93.4 Å². The average Bonchev–Trinajstić information content (AvgIpc) is 2.44. The summed E-state index contributed by atoms with van der Waals surface area (Å²) < 4.78 is 5.29. The summed E-state index contributed by atoms with van der Waals surface area (Å²) in [7, 11) is 0. The minimum Gasteiger partial charge on any atom is -0.380 e. The van der Waals surface area contributed by atoms with Gasteiger partial charge in [-0.3, -0.25) is 10.1 Å². The molecule has 8 nitrogen and oxygen atoms in total. The lowest BCUT2D eigenvalue weighted by Gasteiger charge is -2.21. The Labute approximate surface area is 118 Å². The first kappa shape index (κ1) is 16.1. The molecule has 0 amide bonds. The maximum absolute atomic E-state index is 11.1. The standard InChI is InChI=1S/C12H21N5O3/c1-4-13-12-14-9-10(17(18)19)11(15-12)16(5-2)7-8-20-6-3/h9H,4-8H2,1-3H3,(H,13,14,15). The summed E-state index contributed by atoms with van der Waals surface area (Å²) >= 11 is 0. The predicted octanol–water partition coefficient (Wildman–Crippen LogP) is 1.68. The third kappa shape index (κ3) is 4.30. The van der Waals surface area contributed by atoms with Crippen molar-refractivity contribution in [3.05, 3.63) is 16.3 Å². The maximum Gasteiger partial charge on any atom is 0.329 e. The Balaban J connectivity index is 3.01. The van der Waals surface area contributed by atoms with Gasteiger partial charge in [-0.2, -0.15) is 4.98 Å². The first-order chi connectivity index (χ1) is 9.63. The second-order valence-electron chi connectivity index (χ2n) is 3.97. The number of hydrogen-bond donors (Lipinski definition) is 1. The Morgan fingerprint density at radius 3 is 2.75 bits per heavy atom. The fourth-order valence-electron chi connectivity index (χ4n) is 1.70. The van der Waals surface area contributed by atoms with Crippen molar-refractivity contribution in [2.24, 2.45) is 0 Å². The van der Waals surface area contributed by atoms with Gasteiger partial charge in [0, 0.05) is 26.2 Å². The highest BCUT2D eigenvalue weighted by molar-refractivity contribution is 5.58. The minimum atomic E-state index is -0.464. The molecule has 0 aliphatic carbocycles. The van der Waals surface area contributed by atoms with Crippen molar-refractivity contribution < 1.29 is 9.66 Å². The van der Waals surface area contributed by atoms with Gasteiger partial charge in [-0.25, -0.2) is 4.98 Å². The van der Waals surface area contributed by atoms with E-state index in [4.69, 9.17) is 4.74 Å². The molecule has 0 saturated heterocycles. The van der Waals surface area contributed by atoms with Gasteiger partial charge in [0.05, 0.1) is 11.5 Å². The highest BCUT2D eigenvalue weighted by Gasteiger charge is 2.21. The smallest absolute Gasteiger partial charge is 0.329 e. The van der Waals surface area contributed by atoms with Crippen LogP contribution in [0.4, 0.5) is 17.5 Å². The van der Waals surface area contributed by atoms with Gasteiger partial charge >= 0.3 is 5.69 Å². The molecule has 0 unspecified atom stereocenters. The first-order valence-electron chi connectivity index (χ1n) is 6.71. The van der Waals surface area contributed by atoms with Crippen LogP contribution < -0.4 is 10.2 Å². The van der Waals surface area contributed by atoms with Crippen molar-refractivity contribution in [3.63, 3.8) is 0 Å².